The van der Waals surface area contributed by atoms with Crippen LogP contribution >= 0.6 is 0 Å². The molecule has 0 aliphatic carbocycles. The average Bonchev–Trinajstić information content (AvgIpc) is 2.30. The number of alkyl halides is 2. The average molecular weight is 258 g/mol. The van der Waals surface area contributed by atoms with Gasteiger partial charge in [0.25, 0.3) is 0 Å². The van der Waals surface area contributed by atoms with E-state index in [0.29, 0.717) is 12.6 Å². The summed E-state index contributed by atoms with van der Waals surface area (Å²) in [5.74, 6) is 0.190. The number of hydrogen-bond acceptors (Lipinski definition) is 3. The van der Waals surface area contributed by atoms with Crippen LogP contribution in [0.3, 0.4) is 0 Å². The molecule has 1 unspecified atom stereocenters. The molecule has 1 aromatic rings. The van der Waals surface area contributed by atoms with Crippen molar-refractivity contribution >= 4 is 0 Å². The summed E-state index contributed by atoms with van der Waals surface area (Å²) >= 11 is 0. The van der Waals surface area contributed by atoms with E-state index in [1.807, 2.05) is 14.1 Å². The highest BCUT2D eigenvalue weighted by molar-refractivity contribution is 5.27. The van der Waals surface area contributed by atoms with Crippen LogP contribution in [0, 0.1) is 0 Å². The lowest BCUT2D eigenvalue weighted by Gasteiger charge is -2.20. The van der Waals surface area contributed by atoms with Gasteiger partial charge in [0.1, 0.15) is 5.75 Å². The third-order valence-corrected chi connectivity index (χ3v) is 2.80. The van der Waals surface area contributed by atoms with Gasteiger partial charge in [0, 0.05) is 19.1 Å². The lowest BCUT2D eigenvalue weighted by Crippen LogP contribution is -2.35. The first-order valence-electron chi connectivity index (χ1n) is 5.90. The monoisotopic (exact) mass is 258 g/mol. The molecule has 0 aromatic heterocycles. The molecule has 0 heterocycles. The van der Waals surface area contributed by atoms with Gasteiger partial charge in [-0.3, -0.25) is 0 Å². The molecule has 0 fully saturated rings. The van der Waals surface area contributed by atoms with Crippen molar-refractivity contribution in [3.05, 3.63) is 29.8 Å². The molecule has 0 saturated heterocycles. The highest BCUT2D eigenvalue weighted by Gasteiger charge is 2.05. The third kappa shape index (κ3) is 5.42. The molecule has 0 amide bonds. The maximum absolute atomic E-state index is 11.9. The molecule has 0 aliphatic heterocycles. The number of rotatable bonds is 7. The highest BCUT2D eigenvalue weighted by Crippen LogP contribution is 2.14. The molecular formula is C13H20F2N2O. The maximum atomic E-state index is 11.9. The first kappa shape index (κ1) is 14.9. The zero-order valence-corrected chi connectivity index (χ0v) is 11.0. The van der Waals surface area contributed by atoms with Crippen molar-refractivity contribution < 1.29 is 13.5 Å². The van der Waals surface area contributed by atoms with Crippen LogP contribution in [0.25, 0.3) is 0 Å². The number of nitrogens with one attached hydrogen (secondary N) is 1. The summed E-state index contributed by atoms with van der Waals surface area (Å²) in [6, 6.07) is 7.12. The summed E-state index contributed by atoms with van der Waals surface area (Å²) in [5, 5.41) is 3.31. The lowest BCUT2D eigenvalue weighted by atomic mass is 10.2. The molecule has 1 rings (SSSR count). The summed E-state index contributed by atoms with van der Waals surface area (Å²) in [7, 11) is 4.06. The van der Waals surface area contributed by atoms with E-state index in [0.717, 1.165) is 12.1 Å². The van der Waals surface area contributed by atoms with Crippen molar-refractivity contribution in [3.8, 4) is 5.75 Å². The van der Waals surface area contributed by atoms with Gasteiger partial charge < -0.3 is 15.0 Å². The minimum Gasteiger partial charge on any atom is -0.435 e. The van der Waals surface area contributed by atoms with Crippen molar-refractivity contribution in [1.82, 2.24) is 10.2 Å². The molecule has 1 aromatic carbocycles. The Morgan fingerprint density at radius 3 is 2.33 bits per heavy atom. The van der Waals surface area contributed by atoms with Crippen LogP contribution in [0.4, 0.5) is 8.78 Å². The maximum Gasteiger partial charge on any atom is 0.387 e. The fraction of sp³-hybridized carbons (Fsp3) is 0.538. The van der Waals surface area contributed by atoms with Crippen molar-refractivity contribution in [1.29, 1.82) is 0 Å². The second-order valence-electron chi connectivity index (χ2n) is 4.47. The lowest BCUT2D eigenvalue weighted by molar-refractivity contribution is -0.0498. The molecule has 0 radical (unpaired) electrons. The van der Waals surface area contributed by atoms with Gasteiger partial charge in [-0.1, -0.05) is 12.1 Å². The van der Waals surface area contributed by atoms with Crippen molar-refractivity contribution in [2.24, 2.45) is 0 Å². The summed E-state index contributed by atoms with van der Waals surface area (Å²) in [5.41, 5.74) is 1.04. The topological polar surface area (TPSA) is 24.5 Å². The van der Waals surface area contributed by atoms with Gasteiger partial charge in [0.05, 0.1) is 0 Å². The Morgan fingerprint density at radius 1 is 1.22 bits per heavy atom. The quantitative estimate of drug-likeness (QED) is 0.812. The van der Waals surface area contributed by atoms with Crippen LogP contribution in [0.1, 0.15) is 12.5 Å². The molecule has 0 spiro atoms. The zero-order valence-electron chi connectivity index (χ0n) is 11.0. The predicted octanol–water partition coefficient (Wildman–Crippen LogP) is 2.33. The molecule has 0 aliphatic rings. The van der Waals surface area contributed by atoms with Gasteiger partial charge in [-0.05, 0) is 38.7 Å². The van der Waals surface area contributed by atoms with E-state index in [4.69, 9.17) is 0 Å². The molecule has 102 valence electrons. The number of benzene rings is 1. The summed E-state index contributed by atoms with van der Waals surface area (Å²) < 4.78 is 28.2. The van der Waals surface area contributed by atoms with E-state index >= 15 is 0 Å². The van der Waals surface area contributed by atoms with Crippen LogP contribution in [0.2, 0.25) is 0 Å². The fourth-order valence-electron chi connectivity index (χ4n) is 1.40. The fourth-order valence-corrected chi connectivity index (χ4v) is 1.40. The van der Waals surface area contributed by atoms with Crippen molar-refractivity contribution in [2.75, 3.05) is 20.6 Å². The van der Waals surface area contributed by atoms with Crippen LogP contribution in [0.5, 0.6) is 5.75 Å². The molecular weight excluding hydrogens is 238 g/mol. The first-order chi connectivity index (χ1) is 8.49. The van der Waals surface area contributed by atoms with Gasteiger partial charge in [0.15, 0.2) is 0 Å². The standard InChI is InChI=1S/C13H20F2N2O/c1-10(17(2)3)8-16-9-11-4-6-12(7-5-11)18-13(14)15/h4-7,10,13,16H,8-9H2,1-3H3. The molecule has 0 bridgehead atoms. The summed E-state index contributed by atoms with van der Waals surface area (Å²) in [6.07, 6.45) is 0. The third-order valence-electron chi connectivity index (χ3n) is 2.80. The summed E-state index contributed by atoms with van der Waals surface area (Å²) in [4.78, 5) is 2.13. The van der Waals surface area contributed by atoms with Crippen LogP contribution in [-0.2, 0) is 6.54 Å². The Hall–Kier alpha value is -1.20. The minimum atomic E-state index is -2.77. The Balaban J connectivity index is 2.35. The Bertz CT molecular complexity index is 341. The number of ether oxygens (including phenoxy) is 1. The van der Waals surface area contributed by atoms with E-state index in [1.165, 1.54) is 0 Å². The molecule has 1 atom stereocenters. The molecule has 1 N–H and O–H groups in total. The van der Waals surface area contributed by atoms with E-state index < -0.39 is 6.61 Å². The SMILES string of the molecule is CC(CNCc1ccc(OC(F)F)cc1)N(C)C. The second kappa shape index (κ2) is 7.28. The van der Waals surface area contributed by atoms with E-state index in [9.17, 15) is 8.78 Å². The van der Waals surface area contributed by atoms with Gasteiger partial charge in [-0.2, -0.15) is 8.78 Å². The Kier molecular flexibility index (Phi) is 6.01. The van der Waals surface area contributed by atoms with Gasteiger partial charge in [0.2, 0.25) is 0 Å². The number of hydrogen-bond donors (Lipinski definition) is 1. The molecule has 5 heteroatoms. The Labute approximate surface area is 107 Å². The molecule has 18 heavy (non-hydrogen) atoms. The first-order valence-corrected chi connectivity index (χ1v) is 5.90. The zero-order chi connectivity index (χ0) is 13.5. The van der Waals surface area contributed by atoms with E-state index in [1.54, 1.807) is 24.3 Å². The van der Waals surface area contributed by atoms with E-state index in [2.05, 4.69) is 21.9 Å². The minimum absolute atomic E-state index is 0.190. The number of nitrogens with zero attached hydrogens (tertiary/aromatic N) is 1. The number of halogens is 2. The van der Waals surface area contributed by atoms with Crippen molar-refractivity contribution in [2.45, 2.75) is 26.1 Å². The van der Waals surface area contributed by atoms with E-state index in [-0.39, 0.29) is 5.75 Å². The highest BCUT2D eigenvalue weighted by atomic mass is 19.3. The van der Waals surface area contributed by atoms with Crippen molar-refractivity contribution in [3.63, 3.8) is 0 Å². The van der Waals surface area contributed by atoms with Crippen LogP contribution in [0.15, 0.2) is 24.3 Å². The van der Waals surface area contributed by atoms with Gasteiger partial charge in [-0.15, -0.1) is 0 Å². The second-order valence-corrected chi connectivity index (χ2v) is 4.47. The van der Waals surface area contributed by atoms with Gasteiger partial charge >= 0.3 is 6.61 Å². The predicted molar refractivity (Wildman–Crippen MR) is 67.9 cm³/mol. The van der Waals surface area contributed by atoms with Crippen LogP contribution < -0.4 is 10.1 Å². The summed E-state index contributed by atoms with van der Waals surface area (Å²) in [6.45, 7) is 0.956. The smallest absolute Gasteiger partial charge is 0.387 e. The number of likely N-dealkylation sites (N-methyl/N-ethyl adjacent to an activating group) is 1. The molecule has 3 nitrogen and oxygen atoms in total. The van der Waals surface area contributed by atoms with Crippen LogP contribution in [-0.4, -0.2) is 38.2 Å². The van der Waals surface area contributed by atoms with Gasteiger partial charge in [-0.25, -0.2) is 0 Å². The Morgan fingerprint density at radius 2 is 1.83 bits per heavy atom. The normalized spacial score (nSPS) is 13.1. The molecule has 0 saturated carbocycles. The largest absolute Gasteiger partial charge is 0.435 e.